The molecule has 0 heterocycles. The molecule has 3 nitrogen and oxygen atoms in total. The molecule has 3 unspecified atom stereocenters. The van der Waals surface area contributed by atoms with Gasteiger partial charge in [-0.3, -0.25) is 0 Å². The molecule has 1 saturated carbocycles. The topological polar surface area (TPSA) is 38.7 Å². The van der Waals surface area contributed by atoms with Crippen molar-refractivity contribution in [2.24, 2.45) is 0 Å². The van der Waals surface area contributed by atoms with Crippen molar-refractivity contribution in [2.75, 3.05) is 7.11 Å². The summed E-state index contributed by atoms with van der Waals surface area (Å²) in [6.45, 7) is 0. The number of hydrogen-bond acceptors (Lipinski definition) is 3. The Morgan fingerprint density at radius 3 is 2.58 bits per heavy atom. The van der Waals surface area contributed by atoms with Crippen LogP contribution >= 0.6 is 11.6 Å². The summed E-state index contributed by atoms with van der Waals surface area (Å²) in [5.41, 5.74) is 0. The van der Waals surface area contributed by atoms with Crippen molar-refractivity contribution in [1.82, 2.24) is 0 Å². The molecule has 1 aliphatic carbocycles. The molecule has 0 aromatic heterocycles. The average Bonchev–Trinajstić information content (AvgIpc) is 2.41. The monoisotopic (exact) mass is 278 g/mol. The Morgan fingerprint density at radius 1 is 1.16 bits per heavy atom. The van der Waals surface area contributed by atoms with Crippen LogP contribution in [0.1, 0.15) is 6.42 Å². The van der Waals surface area contributed by atoms with E-state index in [1.165, 1.54) is 0 Å². The number of ether oxygens (including phenoxy) is 2. The predicted molar refractivity (Wildman–Crippen MR) is 74.8 cm³/mol. The van der Waals surface area contributed by atoms with Crippen LogP contribution in [0.3, 0.4) is 0 Å². The molecule has 0 saturated heterocycles. The second-order valence-corrected chi connectivity index (χ2v) is 5.16. The third kappa shape index (κ3) is 2.18. The Balaban J connectivity index is 1.92. The minimum absolute atomic E-state index is 0.107. The quantitative estimate of drug-likeness (QED) is 0.938. The number of aliphatic hydroxyl groups is 1. The summed E-state index contributed by atoms with van der Waals surface area (Å²) < 4.78 is 11.2. The lowest BCUT2D eigenvalue weighted by Gasteiger charge is -2.40. The van der Waals surface area contributed by atoms with Gasteiger partial charge in [0.05, 0.1) is 6.10 Å². The van der Waals surface area contributed by atoms with Crippen LogP contribution in [0.2, 0.25) is 5.02 Å². The third-order valence-electron chi connectivity index (χ3n) is 3.60. The summed E-state index contributed by atoms with van der Waals surface area (Å²) in [6, 6.07) is 11.5. The molecule has 3 atom stereocenters. The van der Waals surface area contributed by atoms with Crippen molar-refractivity contribution >= 4 is 22.4 Å². The number of fused-ring (bicyclic) bond motifs is 1. The molecule has 100 valence electrons. The highest BCUT2D eigenvalue weighted by molar-refractivity contribution is 6.35. The average molecular weight is 279 g/mol. The lowest BCUT2D eigenvalue weighted by atomic mass is 9.88. The number of hydrogen-bond donors (Lipinski definition) is 1. The minimum Gasteiger partial charge on any atom is -0.487 e. The van der Waals surface area contributed by atoms with Gasteiger partial charge in [-0.2, -0.15) is 0 Å². The van der Waals surface area contributed by atoms with Crippen LogP contribution in [-0.2, 0) is 4.74 Å². The van der Waals surface area contributed by atoms with Gasteiger partial charge in [0.25, 0.3) is 0 Å². The molecule has 0 aliphatic heterocycles. The highest BCUT2D eigenvalue weighted by atomic mass is 35.5. The van der Waals surface area contributed by atoms with Gasteiger partial charge >= 0.3 is 0 Å². The van der Waals surface area contributed by atoms with E-state index in [4.69, 9.17) is 21.1 Å². The summed E-state index contributed by atoms with van der Waals surface area (Å²) in [5, 5.41) is 12.2. The van der Waals surface area contributed by atoms with Crippen molar-refractivity contribution in [3.63, 3.8) is 0 Å². The first-order valence-electron chi connectivity index (χ1n) is 6.25. The van der Waals surface area contributed by atoms with Crippen molar-refractivity contribution in [3.05, 3.63) is 41.4 Å². The van der Waals surface area contributed by atoms with Crippen LogP contribution in [0.25, 0.3) is 10.8 Å². The van der Waals surface area contributed by atoms with E-state index in [0.717, 1.165) is 16.5 Å². The standard InChI is InChI=1S/C15H15ClO3/c1-18-15-12(17)8-14(15)19-13-7-6-11(16)9-4-2-3-5-10(9)13/h2-7,12,14-15,17H,8H2,1H3. The van der Waals surface area contributed by atoms with Crippen LogP contribution in [0.15, 0.2) is 36.4 Å². The number of methoxy groups -OCH3 is 1. The summed E-state index contributed by atoms with van der Waals surface area (Å²) in [7, 11) is 1.59. The van der Waals surface area contributed by atoms with Crippen LogP contribution < -0.4 is 4.74 Å². The molecule has 0 bridgehead atoms. The van der Waals surface area contributed by atoms with Crippen LogP contribution in [0, 0.1) is 0 Å². The van der Waals surface area contributed by atoms with Gasteiger partial charge in [0.2, 0.25) is 0 Å². The van der Waals surface area contributed by atoms with E-state index in [9.17, 15) is 5.11 Å². The third-order valence-corrected chi connectivity index (χ3v) is 3.93. The fourth-order valence-corrected chi connectivity index (χ4v) is 2.71. The highest BCUT2D eigenvalue weighted by Crippen LogP contribution is 2.35. The zero-order valence-electron chi connectivity index (χ0n) is 10.5. The normalized spacial score (nSPS) is 26.2. The molecule has 3 rings (SSSR count). The number of halogens is 1. The molecule has 19 heavy (non-hydrogen) atoms. The molecule has 1 fully saturated rings. The van der Waals surface area contributed by atoms with E-state index in [2.05, 4.69) is 0 Å². The Bertz CT molecular complexity index is 599. The molecular formula is C15H15ClO3. The zero-order chi connectivity index (χ0) is 13.4. The van der Waals surface area contributed by atoms with Crippen molar-refractivity contribution in [2.45, 2.75) is 24.7 Å². The largest absolute Gasteiger partial charge is 0.487 e. The second-order valence-electron chi connectivity index (χ2n) is 4.75. The van der Waals surface area contributed by atoms with Crippen molar-refractivity contribution in [1.29, 1.82) is 0 Å². The number of rotatable bonds is 3. The van der Waals surface area contributed by atoms with Crippen molar-refractivity contribution < 1.29 is 14.6 Å². The highest BCUT2D eigenvalue weighted by Gasteiger charge is 2.42. The summed E-state index contributed by atoms with van der Waals surface area (Å²) in [6.07, 6.45) is -0.206. The molecule has 0 spiro atoms. The van der Waals surface area contributed by atoms with Gasteiger partial charge in [-0.25, -0.2) is 0 Å². The van der Waals surface area contributed by atoms with E-state index >= 15 is 0 Å². The first-order valence-corrected chi connectivity index (χ1v) is 6.63. The molecule has 0 amide bonds. The van der Waals surface area contributed by atoms with E-state index in [-0.39, 0.29) is 12.2 Å². The molecular weight excluding hydrogens is 264 g/mol. The van der Waals surface area contributed by atoms with Crippen molar-refractivity contribution in [3.8, 4) is 5.75 Å². The van der Waals surface area contributed by atoms with E-state index in [0.29, 0.717) is 11.4 Å². The van der Waals surface area contributed by atoms with Gasteiger partial charge in [-0.05, 0) is 12.1 Å². The lowest BCUT2D eigenvalue weighted by molar-refractivity contribution is -0.148. The number of benzene rings is 2. The molecule has 2 aromatic carbocycles. The Kier molecular flexibility index (Phi) is 3.35. The SMILES string of the molecule is COC1C(O)CC1Oc1ccc(Cl)c2ccccc12. The molecule has 2 aromatic rings. The Hall–Kier alpha value is -1.29. The van der Waals surface area contributed by atoms with E-state index in [1.54, 1.807) is 7.11 Å². The summed E-state index contributed by atoms with van der Waals surface area (Å²) in [4.78, 5) is 0. The van der Waals surface area contributed by atoms with Gasteiger partial charge in [0, 0.05) is 29.3 Å². The van der Waals surface area contributed by atoms with E-state index in [1.807, 2.05) is 36.4 Å². The smallest absolute Gasteiger partial charge is 0.130 e. The number of aliphatic hydroxyl groups excluding tert-OH is 1. The van der Waals surface area contributed by atoms with Crippen LogP contribution in [0.5, 0.6) is 5.75 Å². The maximum absolute atomic E-state index is 9.59. The van der Waals surface area contributed by atoms with Gasteiger partial charge in [0.15, 0.2) is 0 Å². The molecule has 4 heteroatoms. The summed E-state index contributed by atoms with van der Waals surface area (Å²) >= 11 is 6.17. The molecule has 0 radical (unpaired) electrons. The van der Waals surface area contributed by atoms with Gasteiger partial charge in [0.1, 0.15) is 18.0 Å². The zero-order valence-corrected chi connectivity index (χ0v) is 11.3. The van der Waals surface area contributed by atoms with Crippen LogP contribution in [-0.4, -0.2) is 30.5 Å². The first-order chi connectivity index (χ1) is 9.20. The second kappa shape index (κ2) is 5.00. The predicted octanol–water partition coefficient (Wildman–Crippen LogP) is 3.02. The fraction of sp³-hybridized carbons (Fsp3) is 0.333. The summed E-state index contributed by atoms with van der Waals surface area (Å²) in [5.74, 6) is 0.777. The molecule has 1 aliphatic rings. The first kappa shape index (κ1) is 12.7. The fourth-order valence-electron chi connectivity index (χ4n) is 2.48. The van der Waals surface area contributed by atoms with Gasteiger partial charge in [-0.15, -0.1) is 0 Å². The molecule has 1 N–H and O–H groups in total. The van der Waals surface area contributed by atoms with E-state index < -0.39 is 6.10 Å². The maximum Gasteiger partial charge on any atom is 0.130 e. The Morgan fingerprint density at radius 2 is 1.89 bits per heavy atom. The Labute approximate surface area is 116 Å². The van der Waals surface area contributed by atoms with Gasteiger partial charge in [-0.1, -0.05) is 35.9 Å². The minimum atomic E-state index is -0.437. The maximum atomic E-state index is 9.59. The van der Waals surface area contributed by atoms with Gasteiger partial charge < -0.3 is 14.6 Å². The lowest BCUT2D eigenvalue weighted by Crippen LogP contribution is -2.54. The van der Waals surface area contributed by atoms with Crippen LogP contribution in [0.4, 0.5) is 0 Å².